The fraction of sp³-hybridized carbons (Fsp3) is 0.571. The van der Waals surface area contributed by atoms with Gasteiger partial charge in [0.1, 0.15) is 12.4 Å². The minimum Gasteiger partial charge on any atom is -0.492 e. The molecule has 4 heteroatoms. The predicted molar refractivity (Wildman–Crippen MR) is 80.3 cm³/mol. The molecule has 0 amide bonds. The van der Waals surface area contributed by atoms with Crippen LogP contribution in [-0.2, 0) is 0 Å². The highest BCUT2D eigenvalue weighted by Gasteiger charge is 2.00. The smallest absolute Gasteiger partial charge is 0.120 e. The Kier molecular flexibility index (Phi) is 7.32. The van der Waals surface area contributed by atoms with Crippen molar-refractivity contribution in [3.05, 3.63) is 28.7 Å². The first-order valence-electron chi connectivity index (χ1n) is 6.29. The van der Waals surface area contributed by atoms with Crippen LogP contribution in [0.25, 0.3) is 0 Å². The molecule has 0 spiro atoms. The van der Waals surface area contributed by atoms with Crippen molar-refractivity contribution in [1.82, 2.24) is 9.80 Å². The van der Waals surface area contributed by atoms with Crippen molar-refractivity contribution in [2.24, 2.45) is 0 Å². The van der Waals surface area contributed by atoms with Gasteiger partial charge in [0.2, 0.25) is 0 Å². The molecular formula is C14H23BrN2O. The Balaban J connectivity index is 2.13. The van der Waals surface area contributed by atoms with Gasteiger partial charge in [0.25, 0.3) is 0 Å². The molecule has 0 saturated carbocycles. The Morgan fingerprint density at radius 2 is 1.89 bits per heavy atom. The standard InChI is InChI=1S/C14H23BrN2O/c1-16(2)8-5-9-17(3)10-11-18-14-7-4-6-13(15)12-14/h4,6-7,12H,5,8-11H2,1-3H3. The monoisotopic (exact) mass is 314 g/mol. The number of ether oxygens (including phenoxy) is 1. The normalized spacial score (nSPS) is 11.2. The van der Waals surface area contributed by atoms with Gasteiger partial charge in [-0.15, -0.1) is 0 Å². The molecule has 0 aliphatic carbocycles. The molecule has 0 bridgehead atoms. The molecule has 0 heterocycles. The highest BCUT2D eigenvalue weighted by Crippen LogP contribution is 2.17. The van der Waals surface area contributed by atoms with Gasteiger partial charge in [-0.1, -0.05) is 22.0 Å². The quantitative estimate of drug-likeness (QED) is 0.734. The van der Waals surface area contributed by atoms with Crippen LogP contribution in [0.5, 0.6) is 5.75 Å². The number of rotatable bonds is 8. The maximum absolute atomic E-state index is 5.70. The van der Waals surface area contributed by atoms with Crippen LogP contribution < -0.4 is 4.74 Å². The third-order valence-electron chi connectivity index (χ3n) is 2.68. The molecule has 0 unspecified atom stereocenters. The van der Waals surface area contributed by atoms with E-state index in [0.29, 0.717) is 0 Å². The third kappa shape index (κ3) is 6.99. The first-order chi connectivity index (χ1) is 8.58. The number of halogens is 1. The van der Waals surface area contributed by atoms with Crippen LogP contribution >= 0.6 is 15.9 Å². The van der Waals surface area contributed by atoms with E-state index < -0.39 is 0 Å². The van der Waals surface area contributed by atoms with Crippen molar-refractivity contribution in [3.63, 3.8) is 0 Å². The fourth-order valence-corrected chi connectivity index (χ4v) is 2.02. The minimum atomic E-state index is 0.731. The summed E-state index contributed by atoms with van der Waals surface area (Å²) < 4.78 is 6.76. The van der Waals surface area contributed by atoms with E-state index in [-0.39, 0.29) is 0 Å². The largest absolute Gasteiger partial charge is 0.492 e. The predicted octanol–water partition coefficient (Wildman–Crippen LogP) is 2.71. The molecule has 0 radical (unpaired) electrons. The number of hydrogen-bond acceptors (Lipinski definition) is 3. The lowest BCUT2D eigenvalue weighted by Gasteiger charge is -2.18. The van der Waals surface area contributed by atoms with E-state index in [0.717, 1.165) is 36.5 Å². The second-order valence-corrected chi connectivity index (χ2v) is 5.68. The second kappa shape index (κ2) is 8.51. The topological polar surface area (TPSA) is 15.7 Å². The molecule has 0 N–H and O–H groups in total. The molecule has 1 rings (SSSR count). The van der Waals surface area contributed by atoms with Crippen LogP contribution in [-0.4, -0.2) is 57.2 Å². The van der Waals surface area contributed by atoms with Gasteiger partial charge in [-0.2, -0.15) is 0 Å². The summed E-state index contributed by atoms with van der Waals surface area (Å²) in [6.07, 6.45) is 1.19. The van der Waals surface area contributed by atoms with Gasteiger partial charge in [-0.3, -0.25) is 0 Å². The van der Waals surface area contributed by atoms with Crippen molar-refractivity contribution in [1.29, 1.82) is 0 Å². The lowest BCUT2D eigenvalue weighted by molar-refractivity contribution is 0.229. The molecule has 1 aromatic carbocycles. The Hall–Kier alpha value is -0.580. The zero-order valence-electron chi connectivity index (χ0n) is 11.5. The maximum Gasteiger partial charge on any atom is 0.120 e. The molecule has 1 aromatic rings. The Morgan fingerprint density at radius 3 is 2.56 bits per heavy atom. The summed E-state index contributed by atoms with van der Waals surface area (Å²) in [5.74, 6) is 0.922. The number of nitrogens with zero attached hydrogens (tertiary/aromatic N) is 2. The van der Waals surface area contributed by atoms with Crippen LogP contribution in [0.1, 0.15) is 6.42 Å². The van der Waals surface area contributed by atoms with Crippen LogP contribution in [0.3, 0.4) is 0 Å². The molecular weight excluding hydrogens is 292 g/mol. The van der Waals surface area contributed by atoms with E-state index in [2.05, 4.69) is 46.9 Å². The summed E-state index contributed by atoms with van der Waals surface area (Å²) >= 11 is 3.44. The third-order valence-corrected chi connectivity index (χ3v) is 3.18. The van der Waals surface area contributed by atoms with Crippen LogP contribution in [0, 0.1) is 0 Å². The molecule has 18 heavy (non-hydrogen) atoms. The van der Waals surface area contributed by atoms with E-state index >= 15 is 0 Å². The molecule has 0 atom stereocenters. The number of hydrogen-bond donors (Lipinski definition) is 0. The van der Waals surface area contributed by atoms with Gasteiger partial charge >= 0.3 is 0 Å². The number of likely N-dealkylation sites (N-methyl/N-ethyl adjacent to an activating group) is 1. The lowest BCUT2D eigenvalue weighted by atomic mass is 10.3. The van der Waals surface area contributed by atoms with Gasteiger partial charge in [0.15, 0.2) is 0 Å². The summed E-state index contributed by atoms with van der Waals surface area (Å²) in [7, 11) is 6.35. The summed E-state index contributed by atoms with van der Waals surface area (Å²) in [6, 6.07) is 7.96. The van der Waals surface area contributed by atoms with E-state index in [1.165, 1.54) is 6.42 Å². The molecule has 0 aliphatic rings. The van der Waals surface area contributed by atoms with Gasteiger partial charge in [-0.05, 0) is 58.9 Å². The first kappa shape index (κ1) is 15.5. The Morgan fingerprint density at radius 1 is 1.11 bits per heavy atom. The van der Waals surface area contributed by atoms with Crippen LogP contribution in [0.15, 0.2) is 28.7 Å². The molecule has 0 fully saturated rings. The zero-order valence-corrected chi connectivity index (χ0v) is 13.1. The second-order valence-electron chi connectivity index (χ2n) is 4.77. The number of benzene rings is 1. The average molecular weight is 315 g/mol. The molecule has 0 aliphatic heterocycles. The Labute approximate surface area is 119 Å². The SMILES string of the molecule is CN(C)CCCN(C)CCOc1cccc(Br)c1. The maximum atomic E-state index is 5.70. The van der Waals surface area contributed by atoms with Gasteiger partial charge in [-0.25, -0.2) is 0 Å². The van der Waals surface area contributed by atoms with Crippen molar-refractivity contribution in [2.75, 3.05) is 47.4 Å². The van der Waals surface area contributed by atoms with Gasteiger partial charge in [0, 0.05) is 11.0 Å². The van der Waals surface area contributed by atoms with Gasteiger partial charge in [0.05, 0.1) is 0 Å². The summed E-state index contributed by atoms with van der Waals surface area (Å²) in [4.78, 5) is 4.52. The van der Waals surface area contributed by atoms with Gasteiger partial charge < -0.3 is 14.5 Å². The molecule has 102 valence electrons. The molecule has 3 nitrogen and oxygen atoms in total. The molecule has 0 aromatic heterocycles. The fourth-order valence-electron chi connectivity index (χ4n) is 1.64. The summed E-state index contributed by atoms with van der Waals surface area (Å²) in [5.41, 5.74) is 0. The summed E-state index contributed by atoms with van der Waals surface area (Å²) in [6.45, 7) is 3.94. The highest BCUT2D eigenvalue weighted by molar-refractivity contribution is 9.10. The minimum absolute atomic E-state index is 0.731. The van der Waals surface area contributed by atoms with E-state index in [9.17, 15) is 0 Å². The van der Waals surface area contributed by atoms with E-state index in [1.54, 1.807) is 0 Å². The summed E-state index contributed by atoms with van der Waals surface area (Å²) in [5, 5.41) is 0. The first-order valence-corrected chi connectivity index (χ1v) is 7.09. The van der Waals surface area contributed by atoms with Crippen molar-refractivity contribution < 1.29 is 4.74 Å². The highest BCUT2D eigenvalue weighted by atomic mass is 79.9. The zero-order chi connectivity index (χ0) is 13.4. The average Bonchev–Trinajstić information content (AvgIpc) is 2.28. The molecule has 0 saturated heterocycles. The lowest BCUT2D eigenvalue weighted by Crippen LogP contribution is -2.27. The Bertz CT molecular complexity index is 344. The van der Waals surface area contributed by atoms with Crippen molar-refractivity contribution in [2.45, 2.75) is 6.42 Å². The van der Waals surface area contributed by atoms with E-state index in [4.69, 9.17) is 4.74 Å². The van der Waals surface area contributed by atoms with E-state index in [1.807, 2.05) is 24.3 Å². The van der Waals surface area contributed by atoms with Crippen LogP contribution in [0.4, 0.5) is 0 Å². The van der Waals surface area contributed by atoms with Crippen molar-refractivity contribution >= 4 is 15.9 Å². The van der Waals surface area contributed by atoms with Crippen molar-refractivity contribution in [3.8, 4) is 5.75 Å². The van der Waals surface area contributed by atoms with Crippen LogP contribution in [0.2, 0.25) is 0 Å².